The van der Waals surface area contributed by atoms with Crippen LogP contribution in [0.2, 0.25) is 0 Å². The highest BCUT2D eigenvalue weighted by Crippen LogP contribution is 2.15. The van der Waals surface area contributed by atoms with E-state index in [0.29, 0.717) is 5.75 Å². The van der Waals surface area contributed by atoms with Crippen molar-refractivity contribution in [3.8, 4) is 5.75 Å². The van der Waals surface area contributed by atoms with Gasteiger partial charge in [-0.2, -0.15) is 0 Å². The minimum absolute atomic E-state index is 0.358. The fourth-order valence-electron chi connectivity index (χ4n) is 1.02. The maximum absolute atomic E-state index is 11.9. The van der Waals surface area contributed by atoms with E-state index in [-0.39, 0.29) is 0 Å². The highest BCUT2D eigenvalue weighted by Gasteiger charge is 2.04. The van der Waals surface area contributed by atoms with Gasteiger partial charge in [0.25, 0.3) is 6.43 Å². The predicted octanol–water partition coefficient (Wildman–Crippen LogP) is 2.55. The third-order valence-corrected chi connectivity index (χ3v) is 1.67. The molecule has 15 heavy (non-hydrogen) atoms. The summed E-state index contributed by atoms with van der Waals surface area (Å²) in [6.45, 7) is 2.26. The van der Waals surface area contributed by atoms with Crippen LogP contribution in [-0.4, -0.2) is 24.6 Å². The van der Waals surface area contributed by atoms with Gasteiger partial charge in [0, 0.05) is 12.6 Å². The van der Waals surface area contributed by atoms with Crippen LogP contribution < -0.4 is 10.1 Å². The smallest absolute Gasteiger partial charge is 0.272 e. The molecule has 0 saturated carbocycles. The monoisotopic (exact) mass is 216 g/mol. The van der Waals surface area contributed by atoms with E-state index in [4.69, 9.17) is 4.74 Å². The molecule has 0 aliphatic carbocycles. The van der Waals surface area contributed by atoms with Crippen molar-refractivity contribution in [2.45, 2.75) is 19.8 Å². The third-order valence-electron chi connectivity index (χ3n) is 1.67. The summed E-state index contributed by atoms with van der Waals surface area (Å²) >= 11 is 0. The van der Waals surface area contributed by atoms with E-state index >= 15 is 0 Å². The predicted molar refractivity (Wildman–Crippen MR) is 54.5 cm³/mol. The summed E-state index contributed by atoms with van der Waals surface area (Å²) in [5.74, 6) is 0.358. The Balaban J connectivity index is 2.50. The van der Waals surface area contributed by atoms with Gasteiger partial charge in [0.1, 0.15) is 12.4 Å². The number of ether oxygens (including phenoxy) is 1. The molecular formula is C10H14F2N2O. The molecule has 1 rings (SSSR count). The molecular weight excluding hydrogens is 202 g/mol. The third kappa shape index (κ3) is 4.58. The molecule has 3 nitrogen and oxygen atoms in total. The Morgan fingerprint density at radius 3 is 2.93 bits per heavy atom. The Hall–Kier alpha value is -1.39. The van der Waals surface area contributed by atoms with Crippen LogP contribution in [0.5, 0.6) is 5.75 Å². The molecule has 0 radical (unpaired) electrons. The number of aromatic nitrogens is 1. The van der Waals surface area contributed by atoms with E-state index < -0.39 is 13.0 Å². The van der Waals surface area contributed by atoms with Gasteiger partial charge >= 0.3 is 0 Å². The van der Waals surface area contributed by atoms with Crippen molar-refractivity contribution >= 4 is 5.69 Å². The molecule has 0 saturated heterocycles. The van der Waals surface area contributed by atoms with Crippen molar-refractivity contribution in [3.63, 3.8) is 0 Å². The first-order chi connectivity index (χ1) is 7.22. The average molecular weight is 216 g/mol. The average Bonchev–Trinajstić information content (AvgIpc) is 2.24. The standard InChI is InChI=1S/C10H14F2N2O/c1-2-3-14-8-4-9(6-13-5-8)15-7-10(11)12/h4-6,10,14H,2-3,7H2,1H3. The van der Waals surface area contributed by atoms with Crippen LogP contribution in [0.25, 0.3) is 0 Å². The van der Waals surface area contributed by atoms with Crippen LogP contribution in [-0.2, 0) is 0 Å². The number of halogens is 2. The van der Waals surface area contributed by atoms with Crippen LogP contribution in [0.3, 0.4) is 0 Å². The summed E-state index contributed by atoms with van der Waals surface area (Å²) in [6, 6.07) is 1.66. The highest BCUT2D eigenvalue weighted by atomic mass is 19.3. The maximum Gasteiger partial charge on any atom is 0.272 e. The van der Waals surface area contributed by atoms with Gasteiger partial charge in [-0.05, 0) is 6.42 Å². The molecule has 1 aromatic rings. The van der Waals surface area contributed by atoms with Crippen LogP contribution in [0, 0.1) is 0 Å². The number of nitrogens with zero attached hydrogens (tertiary/aromatic N) is 1. The largest absolute Gasteiger partial charge is 0.486 e. The van der Waals surface area contributed by atoms with Crippen LogP contribution in [0.4, 0.5) is 14.5 Å². The molecule has 1 heterocycles. The first-order valence-corrected chi connectivity index (χ1v) is 4.82. The second-order valence-electron chi connectivity index (χ2n) is 3.04. The molecule has 0 aliphatic rings. The van der Waals surface area contributed by atoms with Gasteiger partial charge in [-0.3, -0.25) is 4.98 Å². The Morgan fingerprint density at radius 1 is 1.47 bits per heavy atom. The Bertz CT molecular complexity index is 295. The Kier molecular flexibility index (Phi) is 4.80. The second kappa shape index (κ2) is 6.16. The topological polar surface area (TPSA) is 34.2 Å². The zero-order valence-electron chi connectivity index (χ0n) is 8.54. The minimum Gasteiger partial charge on any atom is -0.486 e. The van der Waals surface area contributed by atoms with Gasteiger partial charge in [-0.1, -0.05) is 6.92 Å². The lowest BCUT2D eigenvalue weighted by Gasteiger charge is -2.07. The quantitative estimate of drug-likeness (QED) is 0.793. The van der Waals surface area contributed by atoms with E-state index in [0.717, 1.165) is 18.7 Å². The molecule has 0 spiro atoms. The molecule has 0 amide bonds. The maximum atomic E-state index is 11.9. The Morgan fingerprint density at radius 2 is 2.27 bits per heavy atom. The highest BCUT2D eigenvalue weighted by molar-refractivity contribution is 5.44. The SMILES string of the molecule is CCCNc1cncc(OCC(F)F)c1. The van der Waals surface area contributed by atoms with Crippen LogP contribution in [0.15, 0.2) is 18.5 Å². The number of alkyl halides is 2. The molecule has 0 aromatic carbocycles. The van der Waals surface area contributed by atoms with E-state index in [1.54, 1.807) is 12.3 Å². The fourth-order valence-corrected chi connectivity index (χ4v) is 1.02. The van der Waals surface area contributed by atoms with Crippen molar-refractivity contribution in [1.29, 1.82) is 0 Å². The van der Waals surface area contributed by atoms with Gasteiger partial charge in [0.05, 0.1) is 18.1 Å². The molecule has 0 fully saturated rings. The normalized spacial score (nSPS) is 10.4. The summed E-state index contributed by atoms with van der Waals surface area (Å²) < 4.78 is 28.6. The van der Waals surface area contributed by atoms with Crippen molar-refractivity contribution in [3.05, 3.63) is 18.5 Å². The molecule has 1 aromatic heterocycles. The lowest BCUT2D eigenvalue weighted by Crippen LogP contribution is -2.07. The molecule has 0 bridgehead atoms. The minimum atomic E-state index is -2.46. The van der Waals surface area contributed by atoms with Gasteiger partial charge in [0.2, 0.25) is 0 Å². The molecule has 0 aliphatic heterocycles. The summed E-state index contributed by atoms with van der Waals surface area (Å²) in [7, 11) is 0. The fraction of sp³-hybridized carbons (Fsp3) is 0.500. The first kappa shape index (κ1) is 11.7. The van der Waals surface area contributed by atoms with Gasteiger partial charge in [-0.25, -0.2) is 8.78 Å². The molecule has 1 N–H and O–H groups in total. The summed E-state index contributed by atoms with van der Waals surface area (Å²) in [5, 5.41) is 3.09. The van der Waals surface area contributed by atoms with Gasteiger partial charge in [0.15, 0.2) is 0 Å². The van der Waals surface area contributed by atoms with E-state index in [1.807, 2.05) is 6.92 Å². The lowest BCUT2D eigenvalue weighted by molar-refractivity contribution is 0.0817. The van der Waals surface area contributed by atoms with Crippen molar-refractivity contribution in [1.82, 2.24) is 4.98 Å². The van der Waals surface area contributed by atoms with Crippen molar-refractivity contribution < 1.29 is 13.5 Å². The molecule has 84 valence electrons. The zero-order chi connectivity index (χ0) is 11.1. The van der Waals surface area contributed by atoms with Crippen LogP contribution >= 0.6 is 0 Å². The van der Waals surface area contributed by atoms with Gasteiger partial charge < -0.3 is 10.1 Å². The van der Waals surface area contributed by atoms with E-state index in [1.165, 1.54) is 6.20 Å². The molecule has 0 atom stereocenters. The number of hydrogen-bond donors (Lipinski definition) is 1. The number of nitrogens with one attached hydrogen (secondary N) is 1. The zero-order valence-corrected chi connectivity index (χ0v) is 8.54. The summed E-state index contributed by atoms with van der Waals surface area (Å²) in [6.07, 6.45) is 1.57. The van der Waals surface area contributed by atoms with Gasteiger partial charge in [-0.15, -0.1) is 0 Å². The number of hydrogen-bond acceptors (Lipinski definition) is 3. The lowest BCUT2D eigenvalue weighted by atomic mass is 10.4. The summed E-state index contributed by atoms with van der Waals surface area (Å²) in [5.41, 5.74) is 0.781. The molecule has 0 unspecified atom stereocenters. The van der Waals surface area contributed by atoms with E-state index in [2.05, 4.69) is 10.3 Å². The number of anilines is 1. The van der Waals surface area contributed by atoms with Crippen molar-refractivity contribution in [2.24, 2.45) is 0 Å². The molecule has 5 heteroatoms. The van der Waals surface area contributed by atoms with E-state index in [9.17, 15) is 8.78 Å². The van der Waals surface area contributed by atoms with Crippen LogP contribution in [0.1, 0.15) is 13.3 Å². The van der Waals surface area contributed by atoms with Crippen molar-refractivity contribution in [2.75, 3.05) is 18.5 Å². The number of pyridine rings is 1. The summed E-state index contributed by atoms with van der Waals surface area (Å²) in [4.78, 5) is 3.88. The number of rotatable bonds is 6. The first-order valence-electron chi connectivity index (χ1n) is 4.82. The second-order valence-corrected chi connectivity index (χ2v) is 3.04. The Labute approximate surface area is 87.5 Å².